The van der Waals surface area contributed by atoms with Gasteiger partial charge in [-0.15, -0.1) is 0 Å². The molecule has 104 valence electrons. The Balaban J connectivity index is 1.85. The summed E-state index contributed by atoms with van der Waals surface area (Å²) in [4.78, 5) is 2.17. The molecule has 2 atom stereocenters. The lowest BCUT2D eigenvalue weighted by atomic mass is 10.2. The normalized spacial score (nSPS) is 23.2. The van der Waals surface area contributed by atoms with Gasteiger partial charge >= 0.3 is 0 Å². The Kier molecular flexibility index (Phi) is 5.02. The van der Waals surface area contributed by atoms with Crippen LogP contribution >= 0.6 is 23.8 Å². The van der Waals surface area contributed by atoms with Gasteiger partial charge in [-0.05, 0) is 43.8 Å². The van der Waals surface area contributed by atoms with Crippen molar-refractivity contribution in [3.8, 4) is 0 Å². The van der Waals surface area contributed by atoms with E-state index < -0.39 is 0 Å². The molecule has 1 fully saturated rings. The van der Waals surface area contributed by atoms with E-state index in [-0.39, 0.29) is 12.2 Å². The van der Waals surface area contributed by atoms with E-state index in [1.807, 2.05) is 24.3 Å². The van der Waals surface area contributed by atoms with Crippen molar-refractivity contribution in [2.45, 2.75) is 32.6 Å². The molecule has 19 heavy (non-hydrogen) atoms. The maximum atomic E-state index is 5.86. The van der Waals surface area contributed by atoms with Gasteiger partial charge in [0.2, 0.25) is 0 Å². The molecule has 1 N–H and O–H groups in total. The summed E-state index contributed by atoms with van der Waals surface area (Å²) in [7, 11) is 0. The molecule has 1 aliphatic rings. The van der Waals surface area contributed by atoms with E-state index in [1.54, 1.807) is 0 Å². The van der Waals surface area contributed by atoms with Crippen LogP contribution in [0.4, 0.5) is 0 Å². The molecule has 0 radical (unpaired) electrons. The number of thiocarbonyl (C=S) groups is 1. The van der Waals surface area contributed by atoms with Gasteiger partial charge in [0.25, 0.3) is 0 Å². The van der Waals surface area contributed by atoms with E-state index >= 15 is 0 Å². The van der Waals surface area contributed by atoms with Crippen LogP contribution in [0, 0.1) is 0 Å². The zero-order valence-corrected chi connectivity index (χ0v) is 12.8. The first-order valence-corrected chi connectivity index (χ1v) is 7.26. The molecule has 0 aromatic heterocycles. The number of nitrogens with one attached hydrogen (secondary N) is 1. The number of hydrogen-bond donors (Lipinski definition) is 1. The van der Waals surface area contributed by atoms with Gasteiger partial charge in [-0.2, -0.15) is 0 Å². The molecule has 3 nitrogen and oxygen atoms in total. The van der Waals surface area contributed by atoms with Crippen LogP contribution in [0.25, 0.3) is 0 Å². The monoisotopic (exact) mass is 298 g/mol. The number of benzene rings is 1. The third-order valence-corrected chi connectivity index (χ3v) is 3.72. The largest absolute Gasteiger partial charge is 0.372 e. The fourth-order valence-corrected chi connectivity index (χ4v) is 2.58. The summed E-state index contributed by atoms with van der Waals surface area (Å²) in [6, 6.07) is 7.78. The third-order valence-electron chi connectivity index (χ3n) is 3.06. The maximum absolute atomic E-state index is 5.86. The minimum Gasteiger partial charge on any atom is -0.372 e. The molecular formula is C14H19ClN2OS. The third kappa shape index (κ3) is 4.34. The molecule has 0 saturated carbocycles. The topological polar surface area (TPSA) is 24.5 Å². The fourth-order valence-electron chi connectivity index (χ4n) is 2.24. The second kappa shape index (κ2) is 6.55. The first-order chi connectivity index (χ1) is 9.04. The number of hydrogen-bond acceptors (Lipinski definition) is 2. The van der Waals surface area contributed by atoms with Crippen molar-refractivity contribution in [3.05, 3.63) is 34.9 Å². The minimum absolute atomic E-state index is 0.221. The molecule has 1 saturated heterocycles. The van der Waals surface area contributed by atoms with E-state index in [2.05, 4.69) is 24.1 Å². The first-order valence-electron chi connectivity index (χ1n) is 6.47. The van der Waals surface area contributed by atoms with Gasteiger partial charge in [0.05, 0.1) is 12.2 Å². The quantitative estimate of drug-likeness (QED) is 0.849. The molecule has 2 rings (SSSR count). The zero-order chi connectivity index (χ0) is 13.8. The Morgan fingerprint density at radius 3 is 2.47 bits per heavy atom. The Morgan fingerprint density at radius 2 is 1.89 bits per heavy atom. The van der Waals surface area contributed by atoms with Gasteiger partial charge in [0, 0.05) is 24.7 Å². The summed E-state index contributed by atoms with van der Waals surface area (Å²) >= 11 is 11.3. The summed E-state index contributed by atoms with van der Waals surface area (Å²) in [5, 5.41) is 4.83. The van der Waals surface area contributed by atoms with E-state index in [9.17, 15) is 0 Å². The average Bonchev–Trinajstić information content (AvgIpc) is 2.36. The average molecular weight is 299 g/mol. The lowest BCUT2D eigenvalue weighted by molar-refractivity contribution is -0.0482. The highest BCUT2D eigenvalue weighted by Crippen LogP contribution is 2.12. The predicted octanol–water partition coefficient (Wildman–Crippen LogP) is 2.82. The Morgan fingerprint density at radius 1 is 1.32 bits per heavy atom. The van der Waals surface area contributed by atoms with Gasteiger partial charge in [-0.1, -0.05) is 23.7 Å². The van der Waals surface area contributed by atoms with Crippen molar-refractivity contribution in [2.75, 3.05) is 13.1 Å². The predicted molar refractivity (Wildman–Crippen MR) is 82.5 cm³/mol. The van der Waals surface area contributed by atoms with E-state index in [1.165, 1.54) is 5.56 Å². The number of ether oxygens (including phenoxy) is 1. The van der Waals surface area contributed by atoms with E-state index in [4.69, 9.17) is 28.6 Å². The first kappa shape index (κ1) is 14.6. The van der Waals surface area contributed by atoms with Crippen LogP contribution in [0.2, 0.25) is 5.02 Å². The molecule has 0 bridgehead atoms. The van der Waals surface area contributed by atoms with Crippen LogP contribution in [0.3, 0.4) is 0 Å². The van der Waals surface area contributed by atoms with Crippen molar-refractivity contribution < 1.29 is 4.74 Å². The van der Waals surface area contributed by atoms with Crippen molar-refractivity contribution >= 4 is 28.9 Å². The highest BCUT2D eigenvalue weighted by atomic mass is 35.5. The Labute approximate surface area is 124 Å². The van der Waals surface area contributed by atoms with Gasteiger partial charge in [-0.3, -0.25) is 0 Å². The van der Waals surface area contributed by atoms with E-state index in [0.717, 1.165) is 29.8 Å². The lowest BCUT2D eigenvalue weighted by Crippen LogP contribution is -2.51. The van der Waals surface area contributed by atoms with Crippen LogP contribution in [0.1, 0.15) is 19.4 Å². The fraction of sp³-hybridized carbons (Fsp3) is 0.500. The molecule has 1 aromatic rings. The molecule has 0 unspecified atom stereocenters. The summed E-state index contributed by atoms with van der Waals surface area (Å²) in [6.07, 6.45) is 0.443. The smallest absolute Gasteiger partial charge is 0.169 e. The molecular weight excluding hydrogens is 280 g/mol. The summed E-state index contributed by atoms with van der Waals surface area (Å²) in [6.45, 7) is 6.55. The van der Waals surface area contributed by atoms with Crippen LogP contribution in [-0.4, -0.2) is 35.3 Å². The SMILES string of the molecule is C[C@@H]1CN(C(=S)NCc2ccc(Cl)cc2)C[C@H](C)O1. The number of nitrogens with zero attached hydrogens (tertiary/aromatic N) is 1. The number of rotatable bonds is 2. The van der Waals surface area contributed by atoms with E-state index in [0.29, 0.717) is 0 Å². The van der Waals surface area contributed by atoms with Crippen LogP contribution in [0.15, 0.2) is 24.3 Å². The molecule has 0 spiro atoms. The molecule has 1 heterocycles. The standard InChI is InChI=1S/C14H19ClN2OS/c1-10-8-17(9-11(2)18-10)14(19)16-7-12-3-5-13(15)6-4-12/h3-6,10-11H,7-9H2,1-2H3,(H,16,19)/t10-,11+. The highest BCUT2D eigenvalue weighted by Gasteiger charge is 2.23. The minimum atomic E-state index is 0.221. The van der Waals surface area contributed by atoms with Gasteiger partial charge in [0.1, 0.15) is 0 Å². The second-order valence-corrected chi connectivity index (χ2v) is 5.77. The molecule has 1 aliphatic heterocycles. The Hall–Kier alpha value is -0.840. The molecule has 5 heteroatoms. The summed E-state index contributed by atoms with van der Waals surface area (Å²) in [5.41, 5.74) is 1.17. The van der Waals surface area contributed by atoms with Crippen molar-refractivity contribution in [2.24, 2.45) is 0 Å². The molecule has 0 aliphatic carbocycles. The van der Waals surface area contributed by atoms with Crippen LogP contribution in [-0.2, 0) is 11.3 Å². The van der Waals surface area contributed by atoms with Gasteiger partial charge < -0.3 is 15.0 Å². The van der Waals surface area contributed by atoms with Crippen molar-refractivity contribution in [1.82, 2.24) is 10.2 Å². The molecule has 1 aromatic carbocycles. The van der Waals surface area contributed by atoms with Crippen molar-refractivity contribution in [3.63, 3.8) is 0 Å². The summed E-state index contributed by atoms with van der Waals surface area (Å²) < 4.78 is 5.70. The highest BCUT2D eigenvalue weighted by molar-refractivity contribution is 7.80. The van der Waals surface area contributed by atoms with Crippen LogP contribution < -0.4 is 5.32 Å². The van der Waals surface area contributed by atoms with Crippen LogP contribution in [0.5, 0.6) is 0 Å². The van der Waals surface area contributed by atoms with Crippen molar-refractivity contribution in [1.29, 1.82) is 0 Å². The summed E-state index contributed by atoms with van der Waals surface area (Å²) in [5.74, 6) is 0. The van der Waals surface area contributed by atoms with Gasteiger partial charge in [0.15, 0.2) is 5.11 Å². The van der Waals surface area contributed by atoms with Gasteiger partial charge in [-0.25, -0.2) is 0 Å². The lowest BCUT2D eigenvalue weighted by Gasteiger charge is -2.36. The second-order valence-electron chi connectivity index (χ2n) is 4.95. The number of halogens is 1. The Bertz CT molecular complexity index is 428. The maximum Gasteiger partial charge on any atom is 0.169 e. The number of morpholine rings is 1. The molecule has 0 amide bonds. The zero-order valence-electron chi connectivity index (χ0n) is 11.2.